The van der Waals surface area contributed by atoms with Crippen LogP contribution in [-0.4, -0.2) is 33.3 Å². The van der Waals surface area contributed by atoms with Gasteiger partial charge in [-0.3, -0.25) is 0 Å². The molecule has 0 aliphatic rings. The average molecular weight is 273 g/mol. The molecule has 1 rings (SSSR count). The molecule has 18 heavy (non-hydrogen) atoms. The van der Waals surface area contributed by atoms with Crippen LogP contribution in [0.2, 0.25) is 0 Å². The summed E-state index contributed by atoms with van der Waals surface area (Å²) in [5.74, 6) is 0.492. The van der Waals surface area contributed by atoms with Crippen molar-refractivity contribution in [2.45, 2.75) is 30.8 Å². The Bertz CT molecular complexity index is 473. The summed E-state index contributed by atoms with van der Waals surface area (Å²) in [4.78, 5) is 0.160. The average Bonchev–Trinajstić information content (AvgIpc) is 2.38. The molecule has 0 bridgehead atoms. The topological polar surface area (TPSA) is 75.6 Å². The van der Waals surface area contributed by atoms with Crippen molar-refractivity contribution in [3.8, 4) is 5.75 Å². The van der Waals surface area contributed by atoms with Crippen LogP contribution in [0, 0.1) is 0 Å². The Balaban J connectivity index is 2.68. The zero-order chi connectivity index (χ0) is 13.6. The number of benzene rings is 1. The van der Waals surface area contributed by atoms with E-state index in [0.717, 1.165) is 0 Å². The third-order valence-electron chi connectivity index (χ3n) is 2.59. The number of rotatable bonds is 7. The summed E-state index contributed by atoms with van der Waals surface area (Å²) in [6, 6.07) is 6.26. The lowest BCUT2D eigenvalue weighted by Crippen LogP contribution is -2.27. The van der Waals surface area contributed by atoms with Gasteiger partial charge >= 0.3 is 0 Å². The van der Waals surface area contributed by atoms with Gasteiger partial charge in [-0.15, -0.1) is 0 Å². The minimum Gasteiger partial charge on any atom is -0.497 e. The smallest absolute Gasteiger partial charge is 0.240 e. The highest BCUT2D eigenvalue weighted by molar-refractivity contribution is 7.89. The van der Waals surface area contributed by atoms with Crippen molar-refractivity contribution in [1.29, 1.82) is 0 Å². The molecule has 0 aliphatic carbocycles. The summed E-state index contributed by atoms with van der Waals surface area (Å²) in [5, 5.41) is 9.35. The van der Waals surface area contributed by atoms with Gasteiger partial charge in [-0.05, 0) is 25.0 Å². The van der Waals surface area contributed by atoms with Crippen LogP contribution in [0.15, 0.2) is 29.2 Å². The van der Waals surface area contributed by atoms with E-state index in [1.165, 1.54) is 19.2 Å². The van der Waals surface area contributed by atoms with Gasteiger partial charge in [0.2, 0.25) is 10.0 Å². The maximum absolute atomic E-state index is 11.9. The summed E-state index contributed by atoms with van der Waals surface area (Å²) >= 11 is 0. The van der Waals surface area contributed by atoms with Crippen molar-refractivity contribution >= 4 is 10.0 Å². The molecule has 0 radical (unpaired) electrons. The molecule has 0 aliphatic heterocycles. The lowest BCUT2D eigenvalue weighted by molar-refractivity contribution is 0.162. The molecular weight excluding hydrogens is 254 g/mol. The maximum Gasteiger partial charge on any atom is 0.240 e. The number of aliphatic hydroxyl groups excluding tert-OH is 1. The monoisotopic (exact) mass is 273 g/mol. The Morgan fingerprint density at radius 2 is 2.17 bits per heavy atom. The van der Waals surface area contributed by atoms with Crippen LogP contribution < -0.4 is 9.46 Å². The third-order valence-corrected chi connectivity index (χ3v) is 4.05. The van der Waals surface area contributed by atoms with E-state index in [1.807, 2.05) is 6.92 Å². The van der Waals surface area contributed by atoms with Crippen molar-refractivity contribution in [2.75, 3.05) is 13.7 Å². The molecular formula is C12H19NO4S. The summed E-state index contributed by atoms with van der Waals surface area (Å²) in [5.41, 5.74) is 0. The highest BCUT2D eigenvalue weighted by atomic mass is 32.2. The van der Waals surface area contributed by atoms with Crippen LogP contribution >= 0.6 is 0 Å². The quantitative estimate of drug-likeness (QED) is 0.781. The highest BCUT2D eigenvalue weighted by Crippen LogP contribution is 2.16. The molecule has 1 unspecified atom stereocenters. The number of hydrogen-bond acceptors (Lipinski definition) is 4. The van der Waals surface area contributed by atoms with Gasteiger partial charge in [-0.2, -0.15) is 0 Å². The first kappa shape index (κ1) is 14.9. The molecule has 0 aromatic heterocycles. The van der Waals surface area contributed by atoms with E-state index in [4.69, 9.17) is 4.74 Å². The predicted molar refractivity (Wildman–Crippen MR) is 69.1 cm³/mol. The Labute approximate surface area is 108 Å². The summed E-state index contributed by atoms with van der Waals surface area (Å²) in [6.45, 7) is 2.07. The van der Waals surface area contributed by atoms with E-state index >= 15 is 0 Å². The van der Waals surface area contributed by atoms with Gasteiger partial charge in [0.25, 0.3) is 0 Å². The second-order valence-corrected chi connectivity index (χ2v) is 5.69. The fraction of sp³-hybridized carbons (Fsp3) is 0.500. The fourth-order valence-corrected chi connectivity index (χ4v) is 2.50. The van der Waals surface area contributed by atoms with Crippen LogP contribution in [0.5, 0.6) is 5.75 Å². The molecule has 102 valence electrons. The van der Waals surface area contributed by atoms with Gasteiger partial charge < -0.3 is 9.84 Å². The molecule has 1 aromatic carbocycles. The number of ether oxygens (including phenoxy) is 1. The van der Waals surface area contributed by atoms with E-state index in [2.05, 4.69) is 4.72 Å². The molecule has 1 aromatic rings. The first-order valence-corrected chi connectivity index (χ1v) is 7.29. The molecule has 5 nitrogen and oxygen atoms in total. The van der Waals surface area contributed by atoms with Crippen LogP contribution in [0.1, 0.15) is 19.8 Å². The van der Waals surface area contributed by atoms with Crippen molar-refractivity contribution in [1.82, 2.24) is 4.72 Å². The lowest BCUT2D eigenvalue weighted by Gasteiger charge is -2.10. The summed E-state index contributed by atoms with van der Waals surface area (Å²) < 4.78 is 31.3. The van der Waals surface area contributed by atoms with Gasteiger partial charge in [-0.25, -0.2) is 13.1 Å². The first-order chi connectivity index (χ1) is 8.49. The van der Waals surface area contributed by atoms with Gasteiger partial charge in [0.15, 0.2) is 0 Å². The van der Waals surface area contributed by atoms with Crippen LogP contribution in [0.25, 0.3) is 0 Å². The molecule has 0 spiro atoms. The van der Waals surface area contributed by atoms with E-state index in [9.17, 15) is 13.5 Å². The van der Waals surface area contributed by atoms with Crippen molar-refractivity contribution in [3.63, 3.8) is 0 Å². The number of aliphatic hydroxyl groups is 1. The Morgan fingerprint density at radius 1 is 1.44 bits per heavy atom. The first-order valence-electron chi connectivity index (χ1n) is 5.81. The largest absolute Gasteiger partial charge is 0.497 e. The van der Waals surface area contributed by atoms with E-state index < -0.39 is 16.1 Å². The normalized spacial score (nSPS) is 13.3. The number of methoxy groups -OCH3 is 1. The summed E-state index contributed by atoms with van der Waals surface area (Å²) in [7, 11) is -2.05. The molecule has 0 fully saturated rings. The van der Waals surface area contributed by atoms with Crippen molar-refractivity contribution < 1.29 is 18.3 Å². The lowest BCUT2D eigenvalue weighted by atomic mass is 10.2. The molecule has 6 heteroatoms. The molecule has 0 amide bonds. The highest BCUT2D eigenvalue weighted by Gasteiger charge is 2.14. The van der Waals surface area contributed by atoms with E-state index in [1.54, 1.807) is 12.1 Å². The van der Waals surface area contributed by atoms with Crippen LogP contribution in [0.4, 0.5) is 0 Å². The predicted octanol–water partition coefficient (Wildman–Crippen LogP) is 1.13. The SMILES string of the molecule is CCC(O)CCNS(=O)(=O)c1cccc(OC)c1. The van der Waals surface area contributed by atoms with Gasteiger partial charge in [-0.1, -0.05) is 13.0 Å². The number of nitrogens with one attached hydrogen (secondary N) is 1. The zero-order valence-electron chi connectivity index (χ0n) is 10.6. The molecule has 0 heterocycles. The second-order valence-electron chi connectivity index (χ2n) is 3.93. The standard InChI is InChI=1S/C12H19NO4S/c1-3-10(14)7-8-13-18(15,16)12-6-4-5-11(9-12)17-2/h4-6,9-10,13-14H,3,7-8H2,1-2H3. The van der Waals surface area contributed by atoms with E-state index in [0.29, 0.717) is 18.6 Å². The summed E-state index contributed by atoms with van der Waals surface area (Å²) in [6.07, 6.45) is 0.540. The molecule has 2 N–H and O–H groups in total. The van der Waals surface area contributed by atoms with Gasteiger partial charge in [0.1, 0.15) is 5.75 Å². The zero-order valence-corrected chi connectivity index (χ0v) is 11.4. The second kappa shape index (κ2) is 6.72. The number of sulfonamides is 1. The van der Waals surface area contributed by atoms with Crippen LogP contribution in [-0.2, 0) is 10.0 Å². The molecule has 0 saturated heterocycles. The minimum atomic E-state index is -3.54. The van der Waals surface area contributed by atoms with Gasteiger partial charge in [0.05, 0.1) is 18.1 Å². The van der Waals surface area contributed by atoms with Crippen molar-refractivity contribution in [2.24, 2.45) is 0 Å². The Kier molecular flexibility index (Phi) is 5.58. The van der Waals surface area contributed by atoms with E-state index in [-0.39, 0.29) is 11.4 Å². The van der Waals surface area contributed by atoms with Crippen LogP contribution in [0.3, 0.4) is 0 Å². The van der Waals surface area contributed by atoms with Crippen molar-refractivity contribution in [3.05, 3.63) is 24.3 Å². The Hall–Kier alpha value is -1.11. The number of hydrogen-bond donors (Lipinski definition) is 2. The van der Waals surface area contributed by atoms with Gasteiger partial charge in [0, 0.05) is 12.6 Å². The third kappa shape index (κ3) is 4.29. The maximum atomic E-state index is 11.9. The Morgan fingerprint density at radius 3 is 2.78 bits per heavy atom. The molecule has 0 saturated carbocycles. The molecule has 1 atom stereocenters. The minimum absolute atomic E-state index is 0.160. The fourth-order valence-electron chi connectivity index (χ4n) is 1.42.